The predicted molar refractivity (Wildman–Crippen MR) is 47.7 cm³/mol. The minimum Gasteiger partial charge on any atom is -0.383 e. The lowest BCUT2D eigenvalue weighted by Crippen LogP contribution is -2.01. The molecule has 2 N–H and O–H groups in total. The first-order valence-corrected chi connectivity index (χ1v) is 4.05. The summed E-state index contributed by atoms with van der Waals surface area (Å²) in [6.07, 6.45) is -1.36. The van der Waals surface area contributed by atoms with E-state index in [1.54, 1.807) is 0 Å². The van der Waals surface area contributed by atoms with Crippen LogP contribution in [0.25, 0.3) is 0 Å². The lowest BCUT2D eigenvalue weighted by Gasteiger charge is -2.09. The molecule has 1 aromatic rings. The van der Waals surface area contributed by atoms with Crippen molar-refractivity contribution in [1.82, 2.24) is 4.98 Å². The maximum Gasteiger partial charge on any atom is 0.265 e. The molecule has 0 aliphatic carbocycles. The van der Waals surface area contributed by atoms with Gasteiger partial charge in [0.2, 0.25) is 0 Å². The molecule has 0 aliphatic rings. The molecule has 13 heavy (non-hydrogen) atoms. The van der Waals surface area contributed by atoms with Gasteiger partial charge in [-0.1, -0.05) is 13.8 Å². The molecule has 1 aromatic heterocycles. The first-order chi connectivity index (χ1) is 6.02. The summed E-state index contributed by atoms with van der Waals surface area (Å²) >= 11 is 0. The zero-order valence-electron chi connectivity index (χ0n) is 7.59. The van der Waals surface area contributed by atoms with Crippen LogP contribution < -0.4 is 5.73 Å². The maximum atomic E-state index is 12.3. The first kappa shape index (κ1) is 9.89. The topological polar surface area (TPSA) is 38.9 Å². The Hall–Kier alpha value is -1.19. The van der Waals surface area contributed by atoms with Crippen LogP contribution in [0, 0.1) is 0 Å². The zero-order chi connectivity index (χ0) is 10.0. The lowest BCUT2D eigenvalue weighted by atomic mass is 10.0. The van der Waals surface area contributed by atoms with E-state index in [0.717, 1.165) is 6.20 Å². The van der Waals surface area contributed by atoms with Crippen molar-refractivity contribution < 1.29 is 8.78 Å². The summed E-state index contributed by atoms with van der Waals surface area (Å²) in [6, 6.07) is 1.41. The van der Waals surface area contributed by atoms with Crippen molar-refractivity contribution >= 4 is 5.82 Å². The number of aromatic nitrogens is 1. The van der Waals surface area contributed by atoms with Crippen LogP contribution in [0.5, 0.6) is 0 Å². The van der Waals surface area contributed by atoms with Crippen molar-refractivity contribution in [3.63, 3.8) is 0 Å². The Labute approximate surface area is 75.8 Å². The molecule has 0 unspecified atom stereocenters. The van der Waals surface area contributed by atoms with Gasteiger partial charge in [-0.15, -0.1) is 0 Å². The van der Waals surface area contributed by atoms with E-state index in [1.165, 1.54) is 6.07 Å². The molecule has 2 nitrogen and oxygen atoms in total. The van der Waals surface area contributed by atoms with E-state index in [4.69, 9.17) is 5.73 Å². The standard InChI is InChI=1S/C9H12F2N2/c1-5(2)7-3-6(8(10)11)4-13-9(7)12/h3-5,8H,1-2H3,(H2,12,13). The van der Waals surface area contributed by atoms with E-state index < -0.39 is 6.43 Å². The van der Waals surface area contributed by atoms with Crippen molar-refractivity contribution in [1.29, 1.82) is 0 Å². The summed E-state index contributed by atoms with van der Waals surface area (Å²) in [4.78, 5) is 3.72. The van der Waals surface area contributed by atoms with Crippen LogP contribution in [-0.4, -0.2) is 4.98 Å². The van der Waals surface area contributed by atoms with Gasteiger partial charge in [0.1, 0.15) is 5.82 Å². The van der Waals surface area contributed by atoms with Crippen LogP contribution in [0.15, 0.2) is 12.3 Å². The molecule has 0 aliphatic heterocycles. The molecule has 72 valence electrons. The van der Waals surface area contributed by atoms with Gasteiger partial charge in [0.25, 0.3) is 6.43 Å². The van der Waals surface area contributed by atoms with Crippen molar-refractivity contribution in [3.8, 4) is 0 Å². The van der Waals surface area contributed by atoms with Crippen LogP contribution in [0.2, 0.25) is 0 Å². The summed E-state index contributed by atoms with van der Waals surface area (Å²) in [6.45, 7) is 3.78. The number of nitrogen functional groups attached to an aromatic ring is 1. The van der Waals surface area contributed by atoms with Crippen molar-refractivity contribution in [2.75, 3.05) is 5.73 Å². The molecule has 1 rings (SSSR count). The summed E-state index contributed by atoms with van der Waals surface area (Å²) in [5.41, 5.74) is 6.14. The Bertz CT molecular complexity index is 298. The summed E-state index contributed by atoms with van der Waals surface area (Å²) in [7, 11) is 0. The van der Waals surface area contributed by atoms with Gasteiger partial charge in [0, 0.05) is 11.8 Å². The fourth-order valence-corrected chi connectivity index (χ4v) is 1.09. The van der Waals surface area contributed by atoms with E-state index in [0.29, 0.717) is 11.4 Å². The van der Waals surface area contributed by atoms with Crippen LogP contribution in [-0.2, 0) is 0 Å². The van der Waals surface area contributed by atoms with Crippen LogP contribution >= 0.6 is 0 Å². The van der Waals surface area contributed by atoms with Gasteiger partial charge in [-0.3, -0.25) is 0 Å². The van der Waals surface area contributed by atoms with Gasteiger partial charge in [-0.25, -0.2) is 13.8 Å². The van der Waals surface area contributed by atoms with Crippen molar-refractivity contribution in [3.05, 3.63) is 23.4 Å². The smallest absolute Gasteiger partial charge is 0.265 e. The van der Waals surface area contributed by atoms with E-state index in [-0.39, 0.29) is 11.5 Å². The van der Waals surface area contributed by atoms with Gasteiger partial charge < -0.3 is 5.73 Å². The highest BCUT2D eigenvalue weighted by Gasteiger charge is 2.12. The second-order valence-electron chi connectivity index (χ2n) is 3.20. The molecular formula is C9H12F2N2. The highest BCUT2D eigenvalue weighted by atomic mass is 19.3. The van der Waals surface area contributed by atoms with Gasteiger partial charge >= 0.3 is 0 Å². The van der Waals surface area contributed by atoms with Crippen LogP contribution in [0.4, 0.5) is 14.6 Å². The highest BCUT2D eigenvalue weighted by Crippen LogP contribution is 2.25. The minimum atomic E-state index is -2.48. The maximum absolute atomic E-state index is 12.3. The first-order valence-electron chi connectivity index (χ1n) is 4.05. The van der Waals surface area contributed by atoms with Gasteiger partial charge in [-0.2, -0.15) is 0 Å². The molecule has 0 spiro atoms. The third-order valence-electron chi connectivity index (χ3n) is 1.84. The molecule has 0 atom stereocenters. The zero-order valence-corrected chi connectivity index (χ0v) is 7.59. The normalized spacial score (nSPS) is 11.2. The third kappa shape index (κ3) is 2.14. The number of alkyl halides is 2. The average Bonchev–Trinajstić information content (AvgIpc) is 2.04. The van der Waals surface area contributed by atoms with E-state index >= 15 is 0 Å². The van der Waals surface area contributed by atoms with Crippen molar-refractivity contribution in [2.24, 2.45) is 0 Å². The molecular weight excluding hydrogens is 174 g/mol. The number of pyridine rings is 1. The molecule has 0 fully saturated rings. The fraction of sp³-hybridized carbons (Fsp3) is 0.444. The molecule has 1 heterocycles. The van der Waals surface area contributed by atoms with Crippen LogP contribution in [0.3, 0.4) is 0 Å². The Kier molecular flexibility index (Phi) is 2.80. The molecule has 0 amide bonds. The number of anilines is 1. The second-order valence-corrected chi connectivity index (χ2v) is 3.20. The largest absolute Gasteiger partial charge is 0.383 e. The average molecular weight is 186 g/mol. The van der Waals surface area contributed by atoms with E-state index in [9.17, 15) is 8.78 Å². The number of hydrogen-bond acceptors (Lipinski definition) is 2. The second kappa shape index (κ2) is 3.68. The van der Waals surface area contributed by atoms with E-state index in [1.807, 2.05) is 13.8 Å². The van der Waals surface area contributed by atoms with Crippen molar-refractivity contribution in [2.45, 2.75) is 26.2 Å². The SMILES string of the molecule is CC(C)c1cc(C(F)F)cnc1N. The molecule has 4 heteroatoms. The predicted octanol–water partition coefficient (Wildman–Crippen LogP) is 2.72. The summed E-state index contributed by atoms with van der Waals surface area (Å²) in [5, 5.41) is 0. The van der Waals surface area contributed by atoms with Gasteiger partial charge in [-0.05, 0) is 17.5 Å². The molecule has 0 bridgehead atoms. The summed E-state index contributed by atoms with van der Waals surface area (Å²) < 4.78 is 24.5. The number of rotatable bonds is 2. The van der Waals surface area contributed by atoms with Crippen LogP contribution in [0.1, 0.15) is 37.3 Å². The number of halogens is 2. The van der Waals surface area contributed by atoms with Gasteiger partial charge in [0.05, 0.1) is 0 Å². The number of hydrogen-bond donors (Lipinski definition) is 1. The Morgan fingerprint density at radius 1 is 1.38 bits per heavy atom. The molecule has 0 radical (unpaired) electrons. The van der Waals surface area contributed by atoms with Gasteiger partial charge in [0.15, 0.2) is 0 Å². The Balaban J connectivity index is 3.11. The third-order valence-corrected chi connectivity index (χ3v) is 1.84. The summed E-state index contributed by atoms with van der Waals surface area (Å²) in [5.74, 6) is 0.450. The van der Waals surface area contributed by atoms with E-state index in [2.05, 4.69) is 4.98 Å². The Morgan fingerprint density at radius 2 is 2.00 bits per heavy atom. The minimum absolute atomic E-state index is 0.0714. The molecule has 0 saturated heterocycles. The molecule has 0 aromatic carbocycles. The molecule has 0 saturated carbocycles. The number of nitrogens with zero attached hydrogens (tertiary/aromatic N) is 1. The fourth-order valence-electron chi connectivity index (χ4n) is 1.09. The Morgan fingerprint density at radius 3 is 2.46 bits per heavy atom. The monoisotopic (exact) mass is 186 g/mol. The highest BCUT2D eigenvalue weighted by molar-refractivity contribution is 5.43. The lowest BCUT2D eigenvalue weighted by molar-refractivity contribution is 0.151. The quantitative estimate of drug-likeness (QED) is 0.771. The number of nitrogens with two attached hydrogens (primary N) is 1.